The summed E-state index contributed by atoms with van der Waals surface area (Å²) in [6.07, 6.45) is 0. The summed E-state index contributed by atoms with van der Waals surface area (Å²) in [7, 11) is 6.00. The number of aromatic hydroxyl groups is 1. The lowest BCUT2D eigenvalue weighted by Gasteiger charge is -2.07. The molecule has 0 radical (unpaired) electrons. The number of phenolic OH excluding ortho intramolecular Hbond substituents is 1. The van der Waals surface area contributed by atoms with E-state index in [1.54, 1.807) is 6.07 Å². The Balaban J connectivity index is 0.000000423. The molecule has 0 fully saturated rings. The van der Waals surface area contributed by atoms with Crippen LogP contribution in [0.25, 0.3) is 0 Å². The third kappa shape index (κ3) is 6.13. The fourth-order valence-electron chi connectivity index (χ4n) is 1.14. The van der Waals surface area contributed by atoms with Crippen LogP contribution in [0.3, 0.4) is 0 Å². The lowest BCUT2D eigenvalue weighted by molar-refractivity contribution is 0.464. The molecular formula is C13H23NO. The molecule has 0 unspecified atom stereocenters. The van der Waals surface area contributed by atoms with Crippen molar-refractivity contribution in [2.75, 3.05) is 21.1 Å². The molecule has 1 aromatic carbocycles. The first kappa shape index (κ1) is 14.0. The standard InChI is InChI=1S/C10H14O.C3H9N/c1-7(2)9-5-4-8(3)6-10(9)11;1-4(2)3/h4-7,11H,1-3H3;1-3H3. The van der Waals surface area contributed by atoms with Gasteiger partial charge in [-0.2, -0.15) is 0 Å². The quantitative estimate of drug-likeness (QED) is 0.768. The van der Waals surface area contributed by atoms with Crippen LogP contribution in [-0.2, 0) is 0 Å². The maximum absolute atomic E-state index is 9.46. The van der Waals surface area contributed by atoms with Crippen molar-refractivity contribution < 1.29 is 5.11 Å². The van der Waals surface area contributed by atoms with Crippen molar-refractivity contribution in [1.82, 2.24) is 4.90 Å². The predicted octanol–water partition coefficient (Wildman–Crippen LogP) is 3.00. The van der Waals surface area contributed by atoms with Gasteiger partial charge in [-0.15, -0.1) is 0 Å². The van der Waals surface area contributed by atoms with E-state index >= 15 is 0 Å². The third-order valence-electron chi connectivity index (χ3n) is 1.81. The zero-order chi connectivity index (χ0) is 12.0. The van der Waals surface area contributed by atoms with Crippen molar-refractivity contribution in [2.24, 2.45) is 0 Å². The van der Waals surface area contributed by atoms with Gasteiger partial charge in [0.25, 0.3) is 0 Å². The van der Waals surface area contributed by atoms with E-state index < -0.39 is 0 Å². The fourth-order valence-corrected chi connectivity index (χ4v) is 1.14. The smallest absolute Gasteiger partial charge is 0.119 e. The van der Waals surface area contributed by atoms with Gasteiger partial charge in [0, 0.05) is 0 Å². The molecule has 0 heterocycles. The molecule has 0 atom stereocenters. The lowest BCUT2D eigenvalue weighted by atomic mass is 10.0. The van der Waals surface area contributed by atoms with Crippen LogP contribution in [0, 0.1) is 6.92 Å². The van der Waals surface area contributed by atoms with E-state index in [0.29, 0.717) is 11.7 Å². The van der Waals surface area contributed by atoms with Crippen molar-refractivity contribution in [2.45, 2.75) is 26.7 Å². The first-order valence-electron chi connectivity index (χ1n) is 5.25. The SMILES string of the molecule is CN(C)C.Cc1ccc(C(C)C)c(O)c1. The predicted molar refractivity (Wildman–Crippen MR) is 66.5 cm³/mol. The first-order chi connectivity index (χ1) is 6.84. The number of phenols is 1. The summed E-state index contributed by atoms with van der Waals surface area (Å²) < 4.78 is 0. The van der Waals surface area contributed by atoms with E-state index in [4.69, 9.17) is 0 Å². The van der Waals surface area contributed by atoms with Crippen LogP contribution in [0.15, 0.2) is 18.2 Å². The Kier molecular flexibility index (Phi) is 6.02. The molecule has 0 aliphatic rings. The van der Waals surface area contributed by atoms with E-state index in [0.717, 1.165) is 11.1 Å². The summed E-state index contributed by atoms with van der Waals surface area (Å²) >= 11 is 0. The number of hydrogen-bond acceptors (Lipinski definition) is 2. The zero-order valence-electron chi connectivity index (χ0n) is 10.7. The molecule has 2 nitrogen and oxygen atoms in total. The van der Waals surface area contributed by atoms with Crippen LogP contribution in [0.1, 0.15) is 30.9 Å². The highest BCUT2D eigenvalue weighted by molar-refractivity contribution is 5.37. The normalized spacial score (nSPS) is 10.1. The molecular weight excluding hydrogens is 186 g/mol. The van der Waals surface area contributed by atoms with E-state index in [1.165, 1.54) is 0 Å². The molecule has 0 amide bonds. The monoisotopic (exact) mass is 209 g/mol. The molecule has 0 saturated carbocycles. The highest BCUT2D eigenvalue weighted by Gasteiger charge is 2.03. The van der Waals surface area contributed by atoms with Crippen LogP contribution < -0.4 is 0 Å². The second kappa shape index (κ2) is 6.46. The lowest BCUT2D eigenvalue weighted by Crippen LogP contribution is -1.99. The number of aryl methyl sites for hydroxylation is 1. The molecule has 0 spiro atoms. The second-order valence-corrected chi connectivity index (χ2v) is 4.56. The van der Waals surface area contributed by atoms with E-state index in [-0.39, 0.29) is 0 Å². The van der Waals surface area contributed by atoms with Gasteiger partial charge in [-0.1, -0.05) is 26.0 Å². The van der Waals surface area contributed by atoms with Gasteiger partial charge in [0.2, 0.25) is 0 Å². The van der Waals surface area contributed by atoms with Crippen LogP contribution in [0.4, 0.5) is 0 Å². The molecule has 86 valence electrons. The van der Waals surface area contributed by atoms with Crippen molar-refractivity contribution in [3.8, 4) is 5.75 Å². The molecule has 2 heteroatoms. The van der Waals surface area contributed by atoms with Crippen molar-refractivity contribution >= 4 is 0 Å². The van der Waals surface area contributed by atoms with Crippen LogP contribution in [0.5, 0.6) is 5.75 Å². The number of hydrogen-bond donors (Lipinski definition) is 1. The van der Waals surface area contributed by atoms with Gasteiger partial charge in [0.05, 0.1) is 0 Å². The Morgan fingerprint density at radius 3 is 1.93 bits per heavy atom. The van der Waals surface area contributed by atoms with Gasteiger partial charge in [-0.25, -0.2) is 0 Å². The zero-order valence-corrected chi connectivity index (χ0v) is 10.7. The average molecular weight is 209 g/mol. The van der Waals surface area contributed by atoms with Gasteiger partial charge >= 0.3 is 0 Å². The Hall–Kier alpha value is -1.02. The number of benzene rings is 1. The Bertz CT molecular complexity index is 290. The van der Waals surface area contributed by atoms with Gasteiger partial charge in [0.15, 0.2) is 0 Å². The molecule has 0 aromatic heterocycles. The van der Waals surface area contributed by atoms with E-state index in [2.05, 4.69) is 13.8 Å². The summed E-state index contributed by atoms with van der Waals surface area (Å²) in [5, 5.41) is 9.46. The minimum absolute atomic E-state index is 0.399. The average Bonchev–Trinajstić information content (AvgIpc) is 2.01. The summed E-state index contributed by atoms with van der Waals surface area (Å²) in [5.74, 6) is 0.815. The Morgan fingerprint density at radius 2 is 1.60 bits per heavy atom. The van der Waals surface area contributed by atoms with Crippen LogP contribution in [-0.4, -0.2) is 31.1 Å². The summed E-state index contributed by atoms with van der Waals surface area (Å²) in [4.78, 5) is 2.00. The summed E-state index contributed by atoms with van der Waals surface area (Å²) in [6.45, 7) is 6.12. The number of nitrogens with zero attached hydrogens (tertiary/aromatic N) is 1. The van der Waals surface area contributed by atoms with E-state index in [1.807, 2.05) is 45.1 Å². The molecule has 15 heavy (non-hydrogen) atoms. The molecule has 0 aliphatic heterocycles. The van der Waals surface area contributed by atoms with Crippen LogP contribution in [0.2, 0.25) is 0 Å². The minimum atomic E-state index is 0.399. The number of rotatable bonds is 1. The molecule has 1 aromatic rings. The summed E-state index contributed by atoms with van der Waals surface area (Å²) in [6, 6.07) is 5.81. The third-order valence-corrected chi connectivity index (χ3v) is 1.81. The molecule has 1 N–H and O–H groups in total. The molecule has 0 saturated heterocycles. The Labute approximate surface area is 93.5 Å². The van der Waals surface area contributed by atoms with Gasteiger partial charge in [-0.05, 0) is 51.2 Å². The summed E-state index contributed by atoms with van der Waals surface area (Å²) in [5.41, 5.74) is 2.13. The van der Waals surface area contributed by atoms with Crippen molar-refractivity contribution in [3.63, 3.8) is 0 Å². The van der Waals surface area contributed by atoms with Gasteiger partial charge < -0.3 is 10.0 Å². The van der Waals surface area contributed by atoms with Crippen LogP contribution >= 0.6 is 0 Å². The molecule has 0 bridgehead atoms. The highest BCUT2D eigenvalue weighted by Crippen LogP contribution is 2.25. The highest BCUT2D eigenvalue weighted by atomic mass is 16.3. The maximum atomic E-state index is 9.46. The fraction of sp³-hybridized carbons (Fsp3) is 0.538. The van der Waals surface area contributed by atoms with Gasteiger partial charge in [0.1, 0.15) is 5.75 Å². The Morgan fingerprint density at radius 1 is 1.13 bits per heavy atom. The second-order valence-electron chi connectivity index (χ2n) is 4.56. The van der Waals surface area contributed by atoms with E-state index in [9.17, 15) is 5.11 Å². The largest absolute Gasteiger partial charge is 0.508 e. The van der Waals surface area contributed by atoms with Crippen molar-refractivity contribution in [1.29, 1.82) is 0 Å². The van der Waals surface area contributed by atoms with Gasteiger partial charge in [-0.3, -0.25) is 0 Å². The molecule has 1 rings (SSSR count). The maximum Gasteiger partial charge on any atom is 0.119 e. The van der Waals surface area contributed by atoms with Crippen molar-refractivity contribution in [3.05, 3.63) is 29.3 Å². The molecule has 0 aliphatic carbocycles. The first-order valence-corrected chi connectivity index (χ1v) is 5.25. The minimum Gasteiger partial charge on any atom is -0.508 e. The topological polar surface area (TPSA) is 23.5 Å².